The van der Waals surface area contributed by atoms with Crippen molar-refractivity contribution in [1.82, 2.24) is 9.88 Å². The van der Waals surface area contributed by atoms with Crippen LogP contribution < -0.4 is 9.64 Å². The Morgan fingerprint density at radius 3 is 2.85 bits per heavy atom. The van der Waals surface area contributed by atoms with Crippen LogP contribution in [-0.4, -0.2) is 58.8 Å². The van der Waals surface area contributed by atoms with E-state index in [1.807, 2.05) is 4.90 Å². The third-order valence-electron chi connectivity index (χ3n) is 4.09. The molecule has 138 valence electrons. The molecular weight excluding hydrogens is 342 g/mol. The zero-order valence-corrected chi connectivity index (χ0v) is 14.8. The molecule has 1 fully saturated rings. The number of carbonyl (C=O) groups is 1. The monoisotopic (exact) mass is 361 g/mol. The summed E-state index contributed by atoms with van der Waals surface area (Å²) in [6.07, 6.45) is -0.391. The second-order valence-electron chi connectivity index (χ2n) is 7.13. The number of rotatable bonds is 1. The van der Waals surface area contributed by atoms with Crippen LogP contribution >= 0.6 is 0 Å². The first-order valence-corrected chi connectivity index (χ1v) is 8.16. The first-order valence-electron chi connectivity index (χ1n) is 8.16. The van der Waals surface area contributed by atoms with E-state index in [9.17, 15) is 14.9 Å². The lowest BCUT2D eigenvalue weighted by molar-refractivity contribution is -0.385. The maximum Gasteiger partial charge on any atom is 0.410 e. The summed E-state index contributed by atoms with van der Waals surface area (Å²) in [5, 5.41) is 20.2. The Bertz CT molecular complexity index is 797. The molecule has 0 spiro atoms. The van der Waals surface area contributed by atoms with Gasteiger partial charge in [0.2, 0.25) is 5.69 Å². The van der Waals surface area contributed by atoms with E-state index in [-0.39, 0.29) is 29.8 Å². The first kappa shape index (κ1) is 17.7. The molecule has 10 heteroatoms. The number of carbonyl (C=O) groups excluding carboxylic acids is 1. The van der Waals surface area contributed by atoms with Crippen molar-refractivity contribution in [3.8, 4) is 11.8 Å². The third-order valence-corrected chi connectivity index (χ3v) is 4.09. The molecule has 0 saturated carbocycles. The molecule has 3 heterocycles. The number of hydrogen-bond acceptors (Lipinski definition) is 8. The van der Waals surface area contributed by atoms with Crippen molar-refractivity contribution in [2.45, 2.75) is 32.4 Å². The summed E-state index contributed by atoms with van der Waals surface area (Å²) in [5.41, 5.74) is -1.21. The number of fused-ring (bicyclic) bond motifs is 3. The van der Waals surface area contributed by atoms with Crippen molar-refractivity contribution < 1.29 is 19.2 Å². The number of nitrogens with zero attached hydrogens (tertiary/aromatic N) is 5. The Balaban J connectivity index is 1.82. The van der Waals surface area contributed by atoms with Gasteiger partial charge in [-0.15, -0.1) is 0 Å². The Labute approximate surface area is 150 Å². The molecule has 1 aromatic rings. The number of nitro groups is 1. The molecule has 1 aromatic heterocycles. The Hall–Kier alpha value is -3.09. The van der Waals surface area contributed by atoms with Crippen molar-refractivity contribution >= 4 is 17.6 Å². The molecule has 0 aliphatic carbocycles. The summed E-state index contributed by atoms with van der Waals surface area (Å²) < 4.78 is 11.0. The Morgan fingerprint density at radius 2 is 2.23 bits per heavy atom. The van der Waals surface area contributed by atoms with Gasteiger partial charge in [0.1, 0.15) is 18.3 Å². The molecule has 2 aliphatic rings. The van der Waals surface area contributed by atoms with Gasteiger partial charge < -0.3 is 19.3 Å². The molecule has 1 amide bonds. The van der Waals surface area contributed by atoms with Crippen LogP contribution in [0.1, 0.15) is 26.5 Å². The summed E-state index contributed by atoms with van der Waals surface area (Å²) in [6, 6.07) is 2.83. The summed E-state index contributed by atoms with van der Waals surface area (Å²) >= 11 is 0. The highest BCUT2D eigenvalue weighted by Crippen LogP contribution is 2.37. The van der Waals surface area contributed by atoms with E-state index in [1.165, 1.54) is 6.07 Å². The van der Waals surface area contributed by atoms with Crippen LogP contribution in [0.15, 0.2) is 6.07 Å². The van der Waals surface area contributed by atoms with Crippen molar-refractivity contribution in [3.63, 3.8) is 0 Å². The highest BCUT2D eigenvalue weighted by atomic mass is 16.6. The van der Waals surface area contributed by atoms with Gasteiger partial charge in [0.05, 0.1) is 17.0 Å². The van der Waals surface area contributed by atoms with Gasteiger partial charge in [0.25, 0.3) is 0 Å². The van der Waals surface area contributed by atoms with Crippen LogP contribution in [-0.2, 0) is 4.74 Å². The van der Waals surface area contributed by atoms with E-state index < -0.39 is 16.6 Å². The van der Waals surface area contributed by atoms with Crippen molar-refractivity contribution in [1.29, 1.82) is 5.26 Å². The molecule has 26 heavy (non-hydrogen) atoms. The molecule has 0 bridgehead atoms. The molecule has 2 aliphatic heterocycles. The molecule has 1 atom stereocenters. The number of pyridine rings is 1. The molecule has 1 saturated heterocycles. The van der Waals surface area contributed by atoms with Crippen LogP contribution in [0, 0.1) is 21.4 Å². The largest absolute Gasteiger partial charge is 0.487 e. The van der Waals surface area contributed by atoms with Crippen LogP contribution in [0.2, 0.25) is 0 Å². The Kier molecular flexibility index (Phi) is 4.31. The minimum absolute atomic E-state index is 0.163. The maximum absolute atomic E-state index is 12.3. The Morgan fingerprint density at radius 1 is 1.50 bits per heavy atom. The topological polar surface area (TPSA) is 122 Å². The van der Waals surface area contributed by atoms with Gasteiger partial charge in [-0.3, -0.25) is 10.1 Å². The number of aromatic nitrogens is 1. The molecular formula is C16H19N5O5. The minimum Gasteiger partial charge on any atom is -0.487 e. The second-order valence-corrected chi connectivity index (χ2v) is 7.13. The zero-order valence-electron chi connectivity index (χ0n) is 14.8. The average molecular weight is 361 g/mol. The van der Waals surface area contributed by atoms with E-state index >= 15 is 0 Å². The predicted octanol–water partition coefficient (Wildman–Crippen LogP) is 1.68. The maximum atomic E-state index is 12.3. The van der Waals surface area contributed by atoms with Gasteiger partial charge in [-0.1, -0.05) is 0 Å². The van der Waals surface area contributed by atoms with Gasteiger partial charge in [0.15, 0.2) is 11.6 Å². The van der Waals surface area contributed by atoms with Crippen LogP contribution in [0.4, 0.5) is 16.3 Å². The highest BCUT2D eigenvalue weighted by Gasteiger charge is 2.38. The van der Waals surface area contributed by atoms with Crippen LogP contribution in [0.25, 0.3) is 0 Å². The summed E-state index contributed by atoms with van der Waals surface area (Å²) in [7, 11) is 0. The fourth-order valence-corrected chi connectivity index (χ4v) is 2.96. The number of hydrogen-bond donors (Lipinski definition) is 0. The van der Waals surface area contributed by atoms with Crippen molar-refractivity contribution in [3.05, 3.63) is 21.9 Å². The number of nitriles is 1. The molecule has 0 unspecified atom stereocenters. The van der Waals surface area contributed by atoms with Crippen LogP contribution in [0.3, 0.4) is 0 Å². The lowest BCUT2D eigenvalue weighted by Gasteiger charge is -2.44. The van der Waals surface area contributed by atoms with Gasteiger partial charge >= 0.3 is 11.8 Å². The minimum atomic E-state index is -0.651. The van der Waals surface area contributed by atoms with E-state index in [0.717, 1.165) is 0 Å². The number of ether oxygens (including phenoxy) is 2. The number of piperazine rings is 1. The molecule has 10 nitrogen and oxygen atoms in total. The molecule has 0 N–H and O–H groups in total. The standard InChI is InChI=1S/C16H19N5O5/c1-16(2,3)26-15(22)19-4-5-20-10(8-19)9-25-13-6-12(21(23)24)11(7-17)18-14(13)20/h6,10H,4-5,8-9H2,1-3H3/t10-/m1/s1. The lowest BCUT2D eigenvalue weighted by atomic mass is 10.1. The van der Waals surface area contributed by atoms with Gasteiger partial charge in [-0.2, -0.15) is 5.26 Å². The van der Waals surface area contributed by atoms with E-state index in [2.05, 4.69) is 4.98 Å². The number of amides is 1. The normalized spacial score (nSPS) is 18.9. The van der Waals surface area contributed by atoms with Gasteiger partial charge in [0, 0.05) is 19.6 Å². The number of anilines is 1. The zero-order chi connectivity index (χ0) is 19.1. The molecule has 0 radical (unpaired) electrons. The fourth-order valence-electron chi connectivity index (χ4n) is 2.96. The summed E-state index contributed by atoms with van der Waals surface area (Å²) in [6.45, 7) is 6.96. The smallest absolute Gasteiger partial charge is 0.410 e. The SMILES string of the molecule is CC(C)(C)OC(=O)N1CCN2c3nc(C#N)c([N+](=O)[O-])cc3OC[C@H]2C1. The van der Waals surface area contributed by atoms with E-state index in [4.69, 9.17) is 14.7 Å². The lowest BCUT2D eigenvalue weighted by Crippen LogP contribution is -2.59. The molecule has 3 rings (SSSR count). The summed E-state index contributed by atoms with van der Waals surface area (Å²) in [5.74, 6) is 0.671. The van der Waals surface area contributed by atoms with E-state index in [0.29, 0.717) is 25.5 Å². The second kappa shape index (κ2) is 6.33. The van der Waals surface area contributed by atoms with Crippen LogP contribution in [0.5, 0.6) is 5.75 Å². The van der Waals surface area contributed by atoms with E-state index in [1.54, 1.807) is 31.7 Å². The highest BCUT2D eigenvalue weighted by molar-refractivity contribution is 5.69. The fraction of sp³-hybridized carbons (Fsp3) is 0.562. The first-order chi connectivity index (χ1) is 12.2. The van der Waals surface area contributed by atoms with Gasteiger partial charge in [-0.05, 0) is 20.8 Å². The molecule has 0 aromatic carbocycles. The summed E-state index contributed by atoms with van der Waals surface area (Å²) in [4.78, 5) is 30.3. The van der Waals surface area contributed by atoms with Crippen molar-refractivity contribution in [2.75, 3.05) is 31.1 Å². The quantitative estimate of drug-likeness (QED) is 0.547. The predicted molar refractivity (Wildman–Crippen MR) is 90.0 cm³/mol. The third kappa shape index (κ3) is 3.33. The van der Waals surface area contributed by atoms with Crippen molar-refractivity contribution in [2.24, 2.45) is 0 Å². The van der Waals surface area contributed by atoms with Gasteiger partial charge in [-0.25, -0.2) is 9.78 Å². The average Bonchev–Trinajstić information content (AvgIpc) is 2.58.